The summed E-state index contributed by atoms with van der Waals surface area (Å²) in [5.41, 5.74) is 2.02. The highest BCUT2D eigenvalue weighted by Crippen LogP contribution is 2.24. The predicted molar refractivity (Wildman–Crippen MR) is 127 cm³/mol. The van der Waals surface area contributed by atoms with Crippen molar-refractivity contribution in [2.45, 2.75) is 20.0 Å². The SMILES string of the molecule is CCN(Cc1ccccc1)C(=O)CNC(=NC)NCc1cc(Cl)c(Cl)n1C.I. The summed E-state index contributed by atoms with van der Waals surface area (Å²) in [7, 11) is 3.50. The molecule has 0 bridgehead atoms. The number of aliphatic imine (C=N–C) groups is 1. The van der Waals surface area contributed by atoms with Gasteiger partial charge < -0.3 is 20.1 Å². The molecule has 28 heavy (non-hydrogen) atoms. The lowest BCUT2D eigenvalue weighted by Gasteiger charge is -2.22. The Balaban J connectivity index is 0.00000392. The number of hydrogen-bond donors (Lipinski definition) is 2. The molecule has 0 saturated carbocycles. The molecule has 2 N–H and O–H groups in total. The third kappa shape index (κ3) is 6.86. The van der Waals surface area contributed by atoms with E-state index in [0.717, 1.165) is 11.3 Å². The Morgan fingerprint density at radius 1 is 1.21 bits per heavy atom. The second kappa shape index (κ2) is 12.2. The fourth-order valence-electron chi connectivity index (χ4n) is 2.60. The summed E-state index contributed by atoms with van der Waals surface area (Å²) in [6.45, 7) is 3.84. The third-order valence-corrected chi connectivity index (χ3v) is 5.08. The molecule has 9 heteroatoms. The lowest BCUT2D eigenvalue weighted by Crippen LogP contribution is -2.44. The summed E-state index contributed by atoms with van der Waals surface area (Å²) in [5.74, 6) is 0.543. The molecule has 0 unspecified atom stereocenters. The minimum absolute atomic E-state index is 0. The van der Waals surface area contributed by atoms with Crippen LogP contribution in [0.3, 0.4) is 0 Å². The number of benzene rings is 1. The second-order valence-electron chi connectivity index (χ2n) is 6.01. The number of aromatic nitrogens is 1. The first-order chi connectivity index (χ1) is 13.0. The summed E-state index contributed by atoms with van der Waals surface area (Å²) >= 11 is 12.1. The summed E-state index contributed by atoms with van der Waals surface area (Å²) in [6.07, 6.45) is 0. The molecule has 1 aromatic carbocycles. The quantitative estimate of drug-likeness (QED) is 0.322. The lowest BCUT2D eigenvalue weighted by molar-refractivity contribution is -0.130. The highest BCUT2D eigenvalue weighted by Gasteiger charge is 2.13. The van der Waals surface area contributed by atoms with Gasteiger partial charge in [-0.1, -0.05) is 53.5 Å². The molecule has 0 fully saturated rings. The van der Waals surface area contributed by atoms with E-state index in [0.29, 0.717) is 35.8 Å². The molecule has 0 aliphatic heterocycles. The maximum atomic E-state index is 12.5. The van der Waals surface area contributed by atoms with Crippen LogP contribution >= 0.6 is 47.2 Å². The minimum Gasteiger partial charge on any atom is -0.351 e. The van der Waals surface area contributed by atoms with Crippen LogP contribution in [0.15, 0.2) is 41.4 Å². The van der Waals surface area contributed by atoms with Crippen LogP contribution in [0, 0.1) is 0 Å². The first-order valence-corrected chi connectivity index (χ1v) is 9.47. The maximum absolute atomic E-state index is 12.5. The van der Waals surface area contributed by atoms with Crippen molar-refractivity contribution in [3.05, 3.63) is 57.8 Å². The topological polar surface area (TPSA) is 61.7 Å². The average Bonchev–Trinajstić information content (AvgIpc) is 2.93. The van der Waals surface area contributed by atoms with Gasteiger partial charge in [-0.15, -0.1) is 24.0 Å². The van der Waals surface area contributed by atoms with Crippen LogP contribution < -0.4 is 10.6 Å². The van der Waals surface area contributed by atoms with Crippen LogP contribution in [-0.4, -0.2) is 41.5 Å². The molecular weight excluding hydrogens is 512 g/mol. The van der Waals surface area contributed by atoms with Crippen molar-refractivity contribution in [2.24, 2.45) is 12.0 Å². The van der Waals surface area contributed by atoms with Crippen LogP contribution in [0.2, 0.25) is 10.2 Å². The summed E-state index contributed by atoms with van der Waals surface area (Å²) in [6, 6.07) is 11.7. The number of likely N-dealkylation sites (N-methyl/N-ethyl adjacent to an activating group) is 1. The molecule has 0 radical (unpaired) electrons. The van der Waals surface area contributed by atoms with Crippen molar-refractivity contribution in [2.75, 3.05) is 20.1 Å². The van der Waals surface area contributed by atoms with E-state index < -0.39 is 0 Å². The molecular formula is C19H26Cl2IN5O. The van der Waals surface area contributed by atoms with Gasteiger partial charge in [0.25, 0.3) is 0 Å². The van der Waals surface area contributed by atoms with Crippen molar-refractivity contribution in [3.63, 3.8) is 0 Å². The molecule has 1 amide bonds. The summed E-state index contributed by atoms with van der Waals surface area (Å²) < 4.78 is 1.80. The Morgan fingerprint density at radius 3 is 2.43 bits per heavy atom. The fourth-order valence-corrected chi connectivity index (χ4v) is 3.02. The van der Waals surface area contributed by atoms with Crippen molar-refractivity contribution >= 4 is 59.0 Å². The largest absolute Gasteiger partial charge is 0.351 e. The van der Waals surface area contributed by atoms with E-state index in [1.807, 2.05) is 44.3 Å². The van der Waals surface area contributed by atoms with Gasteiger partial charge in [-0.25, -0.2) is 0 Å². The maximum Gasteiger partial charge on any atom is 0.242 e. The zero-order valence-corrected chi connectivity index (χ0v) is 20.0. The molecule has 0 aliphatic rings. The Labute approximate surface area is 193 Å². The second-order valence-corrected chi connectivity index (χ2v) is 6.77. The molecule has 6 nitrogen and oxygen atoms in total. The average molecular weight is 538 g/mol. The molecule has 1 aromatic heterocycles. The van der Waals surface area contributed by atoms with E-state index >= 15 is 0 Å². The minimum atomic E-state index is 0. The van der Waals surface area contributed by atoms with Gasteiger partial charge >= 0.3 is 0 Å². The Kier molecular flexibility index (Phi) is 10.7. The van der Waals surface area contributed by atoms with Crippen LogP contribution in [0.1, 0.15) is 18.2 Å². The monoisotopic (exact) mass is 537 g/mol. The number of carbonyl (C=O) groups excluding carboxylic acids is 1. The molecule has 1 heterocycles. The number of guanidine groups is 1. The molecule has 0 atom stereocenters. The van der Waals surface area contributed by atoms with Gasteiger partial charge in [0.1, 0.15) is 5.15 Å². The predicted octanol–water partition coefficient (Wildman–Crippen LogP) is 3.66. The molecule has 0 aliphatic carbocycles. The highest BCUT2D eigenvalue weighted by molar-refractivity contribution is 14.0. The van der Waals surface area contributed by atoms with Crippen molar-refractivity contribution in [1.29, 1.82) is 0 Å². The highest BCUT2D eigenvalue weighted by atomic mass is 127. The van der Waals surface area contributed by atoms with Crippen LogP contribution in [0.5, 0.6) is 0 Å². The van der Waals surface area contributed by atoms with E-state index in [-0.39, 0.29) is 36.4 Å². The summed E-state index contributed by atoms with van der Waals surface area (Å²) in [5, 5.41) is 7.21. The number of halogens is 3. The van der Waals surface area contributed by atoms with Gasteiger partial charge in [0.2, 0.25) is 5.91 Å². The van der Waals surface area contributed by atoms with E-state index in [1.54, 1.807) is 22.6 Å². The number of hydrogen-bond acceptors (Lipinski definition) is 2. The van der Waals surface area contributed by atoms with Crippen molar-refractivity contribution < 1.29 is 4.79 Å². The fraction of sp³-hybridized carbons (Fsp3) is 0.368. The van der Waals surface area contributed by atoms with Gasteiger partial charge in [-0.3, -0.25) is 9.79 Å². The van der Waals surface area contributed by atoms with Crippen LogP contribution in [0.4, 0.5) is 0 Å². The first-order valence-electron chi connectivity index (χ1n) is 8.72. The Hall–Kier alpha value is -1.45. The first kappa shape index (κ1) is 24.6. The van der Waals surface area contributed by atoms with E-state index in [2.05, 4.69) is 15.6 Å². The number of nitrogens with one attached hydrogen (secondary N) is 2. The standard InChI is InChI=1S/C19H25Cl2N5O.HI/c1-4-26(13-14-8-6-5-7-9-14)17(27)12-24-19(22-2)23-11-15-10-16(20)18(21)25(15)3;/h5-10H,4,11-13H2,1-3H3,(H2,22,23,24);1H. The Bertz CT molecular complexity index is 795. The molecule has 2 aromatic rings. The van der Waals surface area contributed by atoms with Gasteiger partial charge in [0, 0.05) is 32.9 Å². The summed E-state index contributed by atoms with van der Waals surface area (Å²) in [4.78, 5) is 18.5. The number of carbonyl (C=O) groups is 1. The molecule has 0 spiro atoms. The van der Waals surface area contributed by atoms with Crippen LogP contribution in [0.25, 0.3) is 0 Å². The normalized spacial score (nSPS) is 11.0. The van der Waals surface area contributed by atoms with Gasteiger partial charge in [-0.2, -0.15) is 0 Å². The molecule has 2 rings (SSSR count). The van der Waals surface area contributed by atoms with Gasteiger partial charge in [0.15, 0.2) is 5.96 Å². The lowest BCUT2D eigenvalue weighted by atomic mass is 10.2. The van der Waals surface area contributed by atoms with Gasteiger partial charge in [0.05, 0.1) is 18.1 Å². The number of nitrogens with zero attached hydrogens (tertiary/aromatic N) is 3. The van der Waals surface area contributed by atoms with Crippen molar-refractivity contribution in [3.8, 4) is 0 Å². The van der Waals surface area contributed by atoms with E-state index in [4.69, 9.17) is 23.2 Å². The van der Waals surface area contributed by atoms with Gasteiger partial charge in [-0.05, 0) is 18.6 Å². The Morgan fingerprint density at radius 2 is 1.89 bits per heavy atom. The zero-order valence-electron chi connectivity index (χ0n) is 16.2. The van der Waals surface area contributed by atoms with Crippen molar-refractivity contribution in [1.82, 2.24) is 20.1 Å². The van der Waals surface area contributed by atoms with E-state index in [9.17, 15) is 4.79 Å². The number of rotatable bonds is 7. The molecule has 0 saturated heterocycles. The molecule has 154 valence electrons. The van der Waals surface area contributed by atoms with Crippen LogP contribution in [-0.2, 0) is 24.9 Å². The smallest absolute Gasteiger partial charge is 0.242 e. The zero-order chi connectivity index (χ0) is 19.8. The van der Waals surface area contributed by atoms with E-state index in [1.165, 1.54) is 0 Å². The third-order valence-electron chi connectivity index (χ3n) is 4.23. The number of amides is 1.